The molecule has 8 heteroatoms. The molecule has 2 aromatic heterocycles. The highest BCUT2D eigenvalue weighted by Crippen LogP contribution is 2.24. The van der Waals surface area contributed by atoms with Gasteiger partial charge in [0.05, 0.1) is 18.8 Å². The number of anilines is 1. The number of hydrogen-bond donors (Lipinski definition) is 3. The Morgan fingerprint density at radius 3 is 2.77 bits per heavy atom. The van der Waals surface area contributed by atoms with Crippen molar-refractivity contribution in [1.29, 1.82) is 0 Å². The molecule has 2 rings (SSSR count). The van der Waals surface area contributed by atoms with E-state index in [2.05, 4.69) is 15.6 Å². The zero-order chi connectivity index (χ0) is 16.2. The van der Waals surface area contributed by atoms with Gasteiger partial charge >= 0.3 is 6.03 Å². The van der Waals surface area contributed by atoms with Gasteiger partial charge in [0.25, 0.3) is 0 Å². The van der Waals surface area contributed by atoms with Crippen LogP contribution in [0, 0.1) is 0 Å². The van der Waals surface area contributed by atoms with Gasteiger partial charge in [0.2, 0.25) is 0 Å². The van der Waals surface area contributed by atoms with Crippen LogP contribution in [0.2, 0.25) is 0 Å². The molecule has 3 N–H and O–H groups in total. The first-order valence-electron chi connectivity index (χ1n) is 6.78. The minimum atomic E-state index is -1.07. The number of urea groups is 1. The van der Waals surface area contributed by atoms with E-state index in [9.17, 15) is 9.90 Å². The van der Waals surface area contributed by atoms with Gasteiger partial charge < -0.3 is 20.6 Å². The molecule has 2 heterocycles. The average Bonchev–Trinajstić information content (AvgIpc) is 3.13. The van der Waals surface area contributed by atoms with Crippen molar-refractivity contribution in [2.45, 2.75) is 19.1 Å². The Morgan fingerprint density at radius 1 is 1.41 bits per heavy atom. The third kappa shape index (κ3) is 4.43. The SMILES string of the molecule is CN(C)c1nc(CNC(=O)NCC(C)(O)c2cccs2)cs1. The van der Waals surface area contributed by atoms with Gasteiger partial charge in [-0.15, -0.1) is 22.7 Å². The molecule has 0 aliphatic rings. The van der Waals surface area contributed by atoms with Crippen LogP contribution in [-0.4, -0.2) is 36.8 Å². The lowest BCUT2D eigenvalue weighted by atomic mass is 10.1. The lowest BCUT2D eigenvalue weighted by molar-refractivity contribution is 0.0631. The molecule has 0 spiro atoms. The second-order valence-electron chi connectivity index (χ2n) is 5.30. The van der Waals surface area contributed by atoms with Crippen LogP contribution in [0.1, 0.15) is 17.5 Å². The Hall–Kier alpha value is -1.64. The zero-order valence-corrected chi connectivity index (χ0v) is 14.4. The zero-order valence-electron chi connectivity index (χ0n) is 12.8. The van der Waals surface area contributed by atoms with E-state index >= 15 is 0 Å². The minimum Gasteiger partial charge on any atom is -0.383 e. The molecule has 120 valence electrons. The molecule has 0 bridgehead atoms. The van der Waals surface area contributed by atoms with Crippen LogP contribution in [0.25, 0.3) is 0 Å². The maximum absolute atomic E-state index is 11.8. The van der Waals surface area contributed by atoms with Gasteiger partial charge in [0.1, 0.15) is 5.60 Å². The van der Waals surface area contributed by atoms with Gasteiger partial charge in [-0.1, -0.05) is 6.07 Å². The van der Waals surface area contributed by atoms with Crippen LogP contribution in [-0.2, 0) is 12.1 Å². The summed E-state index contributed by atoms with van der Waals surface area (Å²) in [5, 5.41) is 20.5. The Balaban J connectivity index is 1.78. The number of carbonyl (C=O) groups excluding carboxylic acids is 1. The van der Waals surface area contributed by atoms with Crippen LogP contribution < -0.4 is 15.5 Å². The summed E-state index contributed by atoms with van der Waals surface area (Å²) in [4.78, 5) is 18.9. The van der Waals surface area contributed by atoms with Gasteiger partial charge in [-0.2, -0.15) is 0 Å². The van der Waals surface area contributed by atoms with Gasteiger partial charge in [0, 0.05) is 24.4 Å². The van der Waals surface area contributed by atoms with E-state index in [0.29, 0.717) is 6.54 Å². The van der Waals surface area contributed by atoms with Crippen molar-refractivity contribution in [2.75, 3.05) is 25.5 Å². The van der Waals surface area contributed by atoms with Gasteiger partial charge in [-0.3, -0.25) is 0 Å². The van der Waals surface area contributed by atoms with Crippen LogP contribution in [0.5, 0.6) is 0 Å². The Morgan fingerprint density at radius 2 is 2.18 bits per heavy atom. The molecule has 0 radical (unpaired) electrons. The number of thiophene rings is 1. The number of nitrogens with one attached hydrogen (secondary N) is 2. The fourth-order valence-electron chi connectivity index (χ4n) is 1.74. The van der Waals surface area contributed by atoms with Crippen molar-refractivity contribution < 1.29 is 9.90 Å². The lowest BCUT2D eigenvalue weighted by Gasteiger charge is -2.22. The summed E-state index contributed by atoms with van der Waals surface area (Å²) in [6.07, 6.45) is 0. The fourth-order valence-corrected chi connectivity index (χ4v) is 3.29. The van der Waals surface area contributed by atoms with Crippen LogP contribution in [0.3, 0.4) is 0 Å². The molecule has 0 fully saturated rings. The number of aromatic nitrogens is 1. The van der Waals surface area contributed by atoms with E-state index in [1.165, 1.54) is 22.7 Å². The maximum atomic E-state index is 11.8. The fraction of sp³-hybridized carbons (Fsp3) is 0.429. The van der Waals surface area contributed by atoms with Gasteiger partial charge in [-0.25, -0.2) is 9.78 Å². The third-order valence-corrected chi connectivity index (χ3v) is 5.18. The van der Waals surface area contributed by atoms with Crippen molar-refractivity contribution >= 4 is 33.8 Å². The first-order valence-corrected chi connectivity index (χ1v) is 8.54. The summed E-state index contributed by atoms with van der Waals surface area (Å²) in [5.74, 6) is 0. The third-order valence-electron chi connectivity index (χ3n) is 3.00. The first kappa shape index (κ1) is 16.7. The molecule has 2 aromatic rings. The normalized spacial score (nSPS) is 13.5. The summed E-state index contributed by atoms with van der Waals surface area (Å²) in [7, 11) is 3.85. The van der Waals surface area contributed by atoms with Crippen molar-refractivity contribution in [3.63, 3.8) is 0 Å². The highest BCUT2D eigenvalue weighted by atomic mass is 32.1. The molecule has 0 aliphatic heterocycles. The minimum absolute atomic E-state index is 0.152. The first-order chi connectivity index (χ1) is 10.4. The number of rotatable bonds is 6. The topological polar surface area (TPSA) is 77.5 Å². The van der Waals surface area contributed by atoms with Crippen molar-refractivity contribution in [3.05, 3.63) is 33.5 Å². The van der Waals surface area contributed by atoms with Crippen molar-refractivity contribution in [1.82, 2.24) is 15.6 Å². The largest absolute Gasteiger partial charge is 0.383 e. The molecule has 1 unspecified atom stereocenters. The Labute approximate surface area is 137 Å². The number of carbonyl (C=O) groups is 1. The molecule has 6 nitrogen and oxygen atoms in total. The van der Waals surface area contributed by atoms with E-state index in [0.717, 1.165) is 15.7 Å². The van der Waals surface area contributed by atoms with Crippen molar-refractivity contribution in [3.8, 4) is 0 Å². The summed E-state index contributed by atoms with van der Waals surface area (Å²) in [5.41, 5.74) is -0.251. The molecule has 0 saturated heterocycles. The van der Waals surface area contributed by atoms with E-state index in [-0.39, 0.29) is 12.6 Å². The quantitative estimate of drug-likeness (QED) is 0.751. The van der Waals surface area contributed by atoms with E-state index < -0.39 is 5.60 Å². The van der Waals surface area contributed by atoms with Crippen LogP contribution in [0.15, 0.2) is 22.9 Å². The molecule has 2 amide bonds. The van der Waals surface area contributed by atoms with E-state index in [1.54, 1.807) is 6.92 Å². The second-order valence-corrected chi connectivity index (χ2v) is 7.09. The summed E-state index contributed by atoms with van der Waals surface area (Å²) in [6.45, 7) is 2.19. The molecular weight excluding hydrogens is 320 g/mol. The summed E-state index contributed by atoms with van der Waals surface area (Å²) in [6, 6.07) is 3.40. The number of amides is 2. The number of aliphatic hydroxyl groups is 1. The predicted octanol–water partition coefficient (Wildman–Crippen LogP) is 1.98. The van der Waals surface area contributed by atoms with Crippen LogP contribution in [0.4, 0.5) is 9.93 Å². The molecular formula is C14H20N4O2S2. The second kappa shape index (κ2) is 7.08. The highest BCUT2D eigenvalue weighted by Gasteiger charge is 2.24. The number of thiazole rings is 1. The predicted molar refractivity (Wildman–Crippen MR) is 90.6 cm³/mol. The molecule has 1 atom stereocenters. The smallest absolute Gasteiger partial charge is 0.315 e. The van der Waals surface area contributed by atoms with Crippen molar-refractivity contribution in [2.24, 2.45) is 0 Å². The summed E-state index contributed by atoms with van der Waals surface area (Å²) >= 11 is 2.99. The average molecular weight is 340 g/mol. The monoisotopic (exact) mass is 340 g/mol. The number of nitrogens with zero attached hydrogens (tertiary/aromatic N) is 2. The maximum Gasteiger partial charge on any atom is 0.315 e. The van der Waals surface area contributed by atoms with Crippen LogP contribution >= 0.6 is 22.7 Å². The Bertz CT molecular complexity index is 608. The molecule has 0 aliphatic carbocycles. The highest BCUT2D eigenvalue weighted by molar-refractivity contribution is 7.13. The van der Waals surface area contributed by atoms with Gasteiger partial charge in [0.15, 0.2) is 5.13 Å². The Kier molecular flexibility index (Phi) is 5.38. The summed E-state index contributed by atoms with van der Waals surface area (Å²) < 4.78 is 0. The molecule has 22 heavy (non-hydrogen) atoms. The molecule has 0 saturated carbocycles. The lowest BCUT2D eigenvalue weighted by Crippen LogP contribution is -2.42. The molecule has 0 aromatic carbocycles. The number of hydrogen-bond acceptors (Lipinski definition) is 6. The van der Waals surface area contributed by atoms with E-state index in [4.69, 9.17) is 0 Å². The van der Waals surface area contributed by atoms with Gasteiger partial charge in [-0.05, 0) is 18.4 Å². The van der Waals surface area contributed by atoms with E-state index in [1.807, 2.05) is 41.9 Å². The standard InChI is InChI=1S/C14H20N4O2S2/c1-14(20,11-5-4-6-21-11)9-16-12(19)15-7-10-8-22-13(17-10)18(2)3/h4-6,8,20H,7,9H2,1-3H3,(H2,15,16,19).